The van der Waals surface area contributed by atoms with Crippen molar-refractivity contribution in [1.29, 1.82) is 0 Å². The van der Waals surface area contributed by atoms with E-state index in [-0.39, 0.29) is 31.2 Å². The van der Waals surface area contributed by atoms with Gasteiger partial charge in [-0.15, -0.1) is 0 Å². The minimum atomic E-state index is -0.854. The molecule has 1 rings (SSSR count). The Kier molecular flexibility index (Phi) is 7.32. The predicted octanol–water partition coefficient (Wildman–Crippen LogP) is 0.423. The van der Waals surface area contributed by atoms with Crippen molar-refractivity contribution in [2.24, 2.45) is 0 Å². The predicted molar refractivity (Wildman–Crippen MR) is 72.5 cm³/mol. The Hall–Kier alpha value is -1.34. The molecule has 0 spiro atoms. The first-order valence-electron chi connectivity index (χ1n) is 7.02. The molecule has 1 heterocycles. The minimum Gasteiger partial charge on any atom is -0.481 e. The van der Waals surface area contributed by atoms with Crippen LogP contribution in [0.2, 0.25) is 0 Å². The Bertz CT molecular complexity index is 316. The molecule has 1 aliphatic heterocycles. The van der Waals surface area contributed by atoms with Crippen molar-refractivity contribution >= 4 is 12.0 Å². The Morgan fingerprint density at radius 1 is 1.40 bits per heavy atom. The van der Waals surface area contributed by atoms with Gasteiger partial charge < -0.3 is 25.2 Å². The van der Waals surface area contributed by atoms with Gasteiger partial charge in [-0.3, -0.25) is 4.79 Å². The summed E-state index contributed by atoms with van der Waals surface area (Å²) in [6, 6.07) is -0.301. The van der Waals surface area contributed by atoms with Gasteiger partial charge in [0.1, 0.15) is 0 Å². The molecule has 0 aromatic heterocycles. The van der Waals surface area contributed by atoms with Crippen LogP contribution >= 0.6 is 0 Å². The number of likely N-dealkylation sites (tertiary alicyclic amines) is 1. The van der Waals surface area contributed by atoms with Gasteiger partial charge in [0.15, 0.2) is 0 Å². The molecule has 0 radical (unpaired) electrons. The van der Waals surface area contributed by atoms with E-state index in [4.69, 9.17) is 14.9 Å². The SMILES string of the molecule is CC(CCC(=O)O)NC(=O)N1CCC(OCCO)CC1. The molecule has 1 saturated heterocycles. The number of urea groups is 1. The standard InChI is InChI=1S/C13H24N2O5/c1-10(2-3-12(17)18)14-13(19)15-6-4-11(5-7-15)20-9-8-16/h10-11,16H,2-9H2,1H3,(H,14,19)(H,17,18). The van der Waals surface area contributed by atoms with Crippen LogP contribution in [0.25, 0.3) is 0 Å². The molecule has 0 aromatic carbocycles. The molecule has 0 aromatic rings. The van der Waals surface area contributed by atoms with Gasteiger partial charge in [0, 0.05) is 25.6 Å². The van der Waals surface area contributed by atoms with Crippen molar-refractivity contribution in [2.75, 3.05) is 26.3 Å². The second-order valence-corrected chi connectivity index (χ2v) is 5.06. The molecular weight excluding hydrogens is 264 g/mol. The first kappa shape index (κ1) is 16.7. The van der Waals surface area contributed by atoms with E-state index in [0.717, 1.165) is 12.8 Å². The summed E-state index contributed by atoms with van der Waals surface area (Å²) in [5, 5.41) is 20.1. The zero-order valence-electron chi connectivity index (χ0n) is 11.9. The monoisotopic (exact) mass is 288 g/mol. The van der Waals surface area contributed by atoms with Crippen molar-refractivity contribution in [3.8, 4) is 0 Å². The molecule has 1 atom stereocenters. The average Bonchev–Trinajstić information content (AvgIpc) is 2.43. The highest BCUT2D eigenvalue weighted by Crippen LogP contribution is 2.13. The van der Waals surface area contributed by atoms with Gasteiger partial charge >= 0.3 is 12.0 Å². The van der Waals surface area contributed by atoms with Gasteiger partial charge in [-0.2, -0.15) is 0 Å². The lowest BCUT2D eigenvalue weighted by Crippen LogP contribution is -2.48. The second kappa shape index (κ2) is 8.76. The highest BCUT2D eigenvalue weighted by molar-refractivity contribution is 5.74. The van der Waals surface area contributed by atoms with Gasteiger partial charge in [-0.05, 0) is 26.2 Å². The molecule has 7 heteroatoms. The quantitative estimate of drug-likeness (QED) is 0.630. The fourth-order valence-corrected chi connectivity index (χ4v) is 2.16. The lowest BCUT2D eigenvalue weighted by atomic mass is 10.1. The van der Waals surface area contributed by atoms with Crippen LogP contribution in [0, 0.1) is 0 Å². The number of nitrogens with zero attached hydrogens (tertiary/aromatic N) is 1. The van der Waals surface area contributed by atoms with Crippen LogP contribution in [0.15, 0.2) is 0 Å². The van der Waals surface area contributed by atoms with Crippen molar-refractivity contribution in [3.05, 3.63) is 0 Å². The van der Waals surface area contributed by atoms with E-state index in [0.29, 0.717) is 26.1 Å². The van der Waals surface area contributed by atoms with E-state index in [1.165, 1.54) is 0 Å². The fourth-order valence-electron chi connectivity index (χ4n) is 2.16. The number of carbonyl (C=O) groups is 2. The van der Waals surface area contributed by atoms with Crippen LogP contribution in [0.4, 0.5) is 4.79 Å². The van der Waals surface area contributed by atoms with Crippen LogP contribution < -0.4 is 5.32 Å². The van der Waals surface area contributed by atoms with Crippen molar-refractivity contribution in [2.45, 2.75) is 44.8 Å². The first-order valence-corrected chi connectivity index (χ1v) is 7.02. The molecule has 20 heavy (non-hydrogen) atoms. The highest BCUT2D eigenvalue weighted by Gasteiger charge is 2.23. The zero-order valence-corrected chi connectivity index (χ0v) is 11.9. The average molecular weight is 288 g/mol. The largest absolute Gasteiger partial charge is 0.481 e. The third-order valence-electron chi connectivity index (χ3n) is 3.34. The Morgan fingerprint density at radius 3 is 2.60 bits per heavy atom. The van der Waals surface area contributed by atoms with E-state index in [1.807, 2.05) is 0 Å². The number of ether oxygens (including phenoxy) is 1. The Balaban J connectivity index is 2.23. The zero-order chi connectivity index (χ0) is 15.0. The number of aliphatic hydroxyl groups is 1. The van der Waals surface area contributed by atoms with Gasteiger partial charge in [0.2, 0.25) is 0 Å². The lowest BCUT2D eigenvalue weighted by molar-refractivity contribution is -0.137. The molecule has 0 bridgehead atoms. The molecule has 1 aliphatic rings. The van der Waals surface area contributed by atoms with Gasteiger partial charge in [0.05, 0.1) is 19.3 Å². The van der Waals surface area contributed by atoms with Crippen molar-refractivity contribution < 1.29 is 24.5 Å². The molecule has 1 unspecified atom stereocenters. The Morgan fingerprint density at radius 2 is 2.05 bits per heavy atom. The number of carboxylic acids is 1. The summed E-state index contributed by atoms with van der Waals surface area (Å²) >= 11 is 0. The third-order valence-corrected chi connectivity index (χ3v) is 3.34. The summed E-state index contributed by atoms with van der Waals surface area (Å²) < 4.78 is 5.43. The van der Waals surface area contributed by atoms with Crippen LogP contribution in [0.3, 0.4) is 0 Å². The van der Waals surface area contributed by atoms with E-state index in [9.17, 15) is 9.59 Å². The molecule has 2 amide bonds. The van der Waals surface area contributed by atoms with Crippen LogP contribution in [-0.4, -0.2) is 65.6 Å². The van der Waals surface area contributed by atoms with Gasteiger partial charge in [-0.25, -0.2) is 4.79 Å². The van der Waals surface area contributed by atoms with Crippen molar-refractivity contribution in [1.82, 2.24) is 10.2 Å². The van der Waals surface area contributed by atoms with E-state index in [2.05, 4.69) is 5.32 Å². The minimum absolute atomic E-state index is 0.0157. The highest BCUT2D eigenvalue weighted by atomic mass is 16.5. The van der Waals surface area contributed by atoms with E-state index >= 15 is 0 Å². The van der Waals surface area contributed by atoms with Gasteiger partial charge in [-0.1, -0.05) is 0 Å². The molecule has 3 N–H and O–H groups in total. The number of piperidine rings is 1. The number of carboxylic acid groups (broad SMARTS) is 1. The topological polar surface area (TPSA) is 99.1 Å². The summed E-state index contributed by atoms with van der Waals surface area (Å²) in [4.78, 5) is 24.1. The maximum Gasteiger partial charge on any atom is 0.317 e. The molecule has 0 aliphatic carbocycles. The van der Waals surface area contributed by atoms with Gasteiger partial charge in [0.25, 0.3) is 0 Å². The number of aliphatic hydroxyl groups excluding tert-OH is 1. The third kappa shape index (κ3) is 6.21. The number of carbonyl (C=O) groups excluding carboxylic acids is 1. The molecule has 116 valence electrons. The lowest BCUT2D eigenvalue weighted by Gasteiger charge is -2.32. The Labute approximate surface area is 118 Å². The summed E-state index contributed by atoms with van der Waals surface area (Å²) in [6.45, 7) is 3.39. The maximum absolute atomic E-state index is 12.0. The normalized spacial score (nSPS) is 17.8. The summed E-state index contributed by atoms with van der Waals surface area (Å²) in [6.07, 6.45) is 2.11. The van der Waals surface area contributed by atoms with Crippen LogP contribution in [0.5, 0.6) is 0 Å². The number of hydrogen-bond donors (Lipinski definition) is 3. The molecule has 1 fully saturated rings. The summed E-state index contributed by atoms with van der Waals surface area (Å²) in [7, 11) is 0. The number of rotatable bonds is 7. The molecular formula is C13H24N2O5. The number of amides is 2. The van der Waals surface area contributed by atoms with E-state index in [1.54, 1.807) is 11.8 Å². The fraction of sp³-hybridized carbons (Fsp3) is 0.846. The smallest absolute Gasteiger partial charge is 0.317 e. The maximum atomic E-state index is 12.0. The first-order chi connectivity index (χ1) is 9.52. The second-order valence-electron chi connectivity index (χ2n) is 5.06. The summed E-state index contributed by atoms with van der Waals surface area (Å²) in [5.41, 5.74) is 0. The molecule has 7 nitrogen and oxygen atoms in total. The molecule has 0 saturated carbocycles. The van der Waals surface area contributed by atoms with Crippen LogP contribution in [-0.2, 0) is 9.53 Å². The van der Waals surface area contributed by atoms with Crippen molar-refractivity contribution in [3.63, 3.8) is 0 Å². The number of aliphatic carboxylic acids is 1. The number of nitrogens with one attached hydrogen (secondary N) is 1. The van der Waals surface area contributed by atoms with E-state index < -0.39 is 5.97 Å². The summed E-state index contributed by atoms with van der Waals surface area (Å²) in [5.74, 6) is -0.854. The number of hydrogen-bond acceptors (Lipinski definition) is 4. The van der Waals surface area contributed by atoms with Crippen LogP contribution in [0.1, 0.15) is 32.6 Å².